The van der Waals surface area contributed by atoms with Crippen molar-refractivity contribution >= 4 is 5.91 Å². The lowest BCUT2D eigenvalue weighted by atomic mass is 10.1. The summed E-state index contributed by atoms with van der Waals surface area (Å²) in [6, 6.07) is 6.37. The lowest BCUT2D eigenvalue weighted by molar-refractivity contribution is -0.121. The highest BCUT2D eigenvalue weighted by atomic mass is 19.1. The van der Waals surface area contributed by atoms with Crippen molar-refractivity contribution in [3.8, 4) is 11.1 Å². The summed E-state index contributed by atoms with van der Waals surface area (Å²) in [5.41, 5.74) is 1.90. The van der Waals surface area contributed by atoms with Crippen LogP contribution in [0.25, 0.3) is 11.1 Å². The van der Waals surface area contributed by atoms with Gasteiger partial charge >= 0.3 is 0 Å². The van der Waals surface area contributed by atoms with E-state index in [1.165, 1.54) is 25.0 Å². The molecule has 0 unspecified atom stereocenters. The molecule has 0 radical (unpaired) electrons. The van der Waals surface area contributed by atoms with Gasteiger partial charge in [-0.15, -0.1) is 0 Å². The van der Waals surface area contributed by atoms with E-state index in [-0.39, 0.29) is 11.7 Å². The normalized spacial score (nSPS) is 14.0. The molecular formula is C18H22FN3O. The number of aromatic nitrogens is 2. The zero-order valence-electron chi connectivity index (χ0n) is 13.2. The summed E-state index contributed by atoms with van der Waals surface area (Å²) in [7, 11) is 0. The minimum atomic E-state index is -0.242. The molecule has 1 amide bonds. The molecule has 0 aliphatic heterocycles. The van der Waals surface area contributed by atoms with Gasteiger partial charge in [0.25, 0.3) is 0 Å². The van der Waals surface area contributed by atoms with Gasteiger partial charge in [0, 0.05) is 31.3 Å². The van der Waals surface area contributed by atoms with Crippen LogP contribution >= 0.6 is 0 Å². The molecular weight excluding hydrogens is 293 g/mol. The maximum atomic E-state index is 12.9. The van der Waals surface area contributed by atoms with Crippen LogP contribution < -0.4 is 5.32 Å². The van der Waals surface area contributed by atoms with Gasteiger partial charge in [0.15, 0.2) is 0 Å². The molecule has 1 heterocycles. The van der Waals surface area contributed by atoms with Crippen LogP contribution in [0.4, 0.5) is 4.39 Å². The first-order chi connectivity index (χ1) is 11.2. The average Bonchev–Trinajstić information content (AvgIpc) is 3.25. The lowest BCUT2D eigenvalue weighted by Crippen LogP contribution is -2.24. The standard InChI is InChI=1S/C18H22FN3O/c19-17-7-5-15(6-8-17)16-12-21-22(13-16)11-1-2-18(23)20-10-9-14-3-4-14/h5-8,12-14H,1-4,9-11H2,(H,20,23). The van der Waals surface area contributed by atoms with Gasteiger partial charge in [0.1, 0.15) is 5.82 Å². The van der Waals surface area contributed by atoms with Gasteiger partial charge in [-0.1, -0.05) is 25.0 Å². The number of rotatable bonds is 8. The second-order valence-corrected chi connectivity index (χ2v) is 6.18. The maximum absolute atomic E-state index is 12.9. The monoisotopic (exact) mass is 315 g/mol. The molecule has 4 nitrogen and oxygen atoms in total. The molecule has 1 fully saturated rings. The molecule has 23 heavy (non-hydrogen) atoms. The summed E-state index contributed by atoms with van der Waals surface area (Å²) < 4.78 is 14.8. The minimum Gasteiger partial charge on any atom is -0.356 e. The number of carbonyl (C=O) groups excluding carboxylic acids is 1. The number of nitrogens with zero attached hydrogens (tertiary/aromatic N) is 2. The SMILES string of the molecule is O=C(CCCn1cc(-c2ccc(F)cc2)cn1)NCCC1CC1. The van der Waals surface area contributed by atoms with Gasteiger partial charge in [-0.25, -0.2) is 4.39 Å². The van der Waals surface area contributed by atoms with Crippen LogP contribution in [0.15, 0.2) is 36.7 Å². The second kappa shape index (κ2) is 7.40. The number of halogens is 1. The largest absolute Gasteiger partial charge is 0.356 e. The van der Waals surface area contributed by atoms with E-state index in [4.69, 9.17) is 0 Å². The lowest BCUT2D eigenvalue weighted by Gasteiger charge is -2.04. The molecule has 0 bridgehead atoms. The van der Waals surface area contributed by atoms with Gasteiger partial charge in [-0.05, 0) is 36.5 Å². The van der Waals surface area contributed by atoms with Crippen LogP contribution in [0.1, 0.15) is 32.1 Å². The molecule has 5 heteroatoms. The van der Waals surface area contributed by atoms with E-state index in [0.717, 1.165) is 36.4 Å². The zero-order valence-corrected chi connectivity index (χ0v) is 13.2. The molecule has 1 aromatic heterocycles. The molecule has 0 atom stereocenters. The number of nitrogens with one attached hydrogen (secondary N) is 1. The molecule has 0 saturated heterocycles. The Morgan fingerprint density at radius 1 is 1.26 bits per heavy atom. The first-order valence-electron chi connectivity index (χ1n) is 8.26. The Kier molecular flexibility index (Phi) is 5.05. The van der Waals surface area contributed by atoms with Crippen molar-refractivity contribution in [2.75, 3.05) is 6.54 Å². The minimum absolute atomic E-state index is 0.122. The average molecular weight is 315 g/mol. The van der Waals surface area contributed by atoms with Crippen molar-refractivity contribution in [3.05, 3.63) is 42.5 Å². The Balaban J connectivity index is 1.40. The van der Waals surface area contributed by atoms with Gasteiger partial charge < -0.3 is 5.32 Å². The van der Waals surface area contributed by atoms with E-state index < -0.39 is 0 Å². The fourth-order valence-electron chi connectivity index (χ4n) is 2.59. The quantitative estimate of drug-likeness (QED) is 0.811. The van der Waals surface area contributed by atoms with Gasteiger partial charge in [-0.2, -0.15) is 5.10 Å². The highest BCUT2D eigenvalue weighted by molar-refractivity contribution is 5.75. The van der Waals surface area contributed by atoms with Crippen LogP contribution in [0, 0.1) is 11.7 Å². The van der Waals surface area contributed by atoms with Crippen molar-refractivity contribution in [2.45, 2.75) is 38.6 Å². The maximum Gasteiger partial charge on any atom is 0.220 e. The zero-order chi connectivity index (χ0) is 16.1. The number of hydrogen-bond acceptors (Lipinski definition) is 2. The van der Waals surface area contributed by atoms with E-state index in [1.807, 2.05) is 10.9 Å². The van der Waals surface area contributed by atoms with Crippen molar-refractivity contribution < 1.29 is 9.18 Å². The number of hydrogen-bond donors (Lipinski definition) is 1. The second-order valence-electron chi connectivity index (χ2n) is 6.18. The first kappa shape index (κ1) is 15.7. The molecule has 1 N–H and O–H groups in total. The highest BCUT2D eigenvalue weighted by Crippen LogP contribution is 2.31. The van der Waals surface area contributed by atoms with Crippen molar-refractivity contribution in [1.82, 2.24) is 15.1 Å². The van der Waals surface area contributed by atoms with Gasteiger partial charge in [-0.3, -0.25) is 9.48 Å². The predicted molar refractivity (Wildman–Crippen MR) is 87.2 cm³/mol. The van der Waals surface area contributed by atoms with Crippen molar-refractivity contribution in [3.63, 3.8) is 0 Å². The Bertz CT molecular complexity index is 647. The molecule has 1 aliphatic rings. The van der Waals surface area contributed by atoms with E-state index in [2.05, 4.69) is 10.4 Å². The third kappa shape index (κ3) is 4.91. The first-order valence-corrected chi connectivity index (χ1v) is 8.26. The van der Waals surface area contributed by atoms with Crippen LogP contribution in [0.2, 0.25) is 0 Å². The number of benzene rings is 1. The van der Waals surface area contributed by atoms with Crippen molar-refractivity contribution in [2.24, 2.45) is 5.92 Å². The van der Waals surface area contributed by atoms with Crippen LogP contribution in [-0.4, -0.2) is 22.2 Å². The molecule has 0 spiro atoms. The van der Waals surface area contributed by atoms with Crippen LogP contribution in [-0.2, 0) is 11.3 Å². The fourth-order valence-corrected chi connectivity index (χ4v) is 2.59. The summed E-state index contributed by atoms with van der Waals surface area (Å²) in [5.74, 6) is 0.731. The van der Waals surface area contributed by atoms with E-state index in [1.54, 1.807) is 18.3 Å². The topological polar surface area (TPSA) is 46.9 Å². The molecule has 1 aliphatic carbocycles. The van der Waals surface area contributed by atoms with Crippen LogP contribution in [0.3, 0.4) is 0 Å². The summed E-state index contributed by atoms with van der Waals surface area (Å²) >= 11 is 0. The summed E-state index contributed by atoms with van der Waals surface area (Å²) in [5, 5.41) is 7.27. The fraction of sp³-hybridized carbons (Fsp3) is 0.444. The Labute approximate surface area is 135 Å². The molecule has 1 aromatic carbocycles. The Morgan fingerprint density at radius 2 is 2.04 bits per heavy atom. The third-order valence-corrected chi connectivity index (χ3v) is 4.17. The van der Waals surface area contributed by atoms with E-state index in [0.29, 0.717) is 13.0 Å². The molecule has 3 rings (SSSR count). The van der Waals surface area contributed by atoms with Crippen LogP contribution in [0.5, 0.6) is 0 Å². The summed E-state index contributed by atoms with van der Waals surface area (Å²) in [6.45, 7) is 1.51. The molecule has 2 aromatic rings. The molecule has 122 valence electrons. The van der Waals surface area contributed by atoms with E-state index >= 15 is 0 Å². The number of carbonyl (C=O) groups is 1. The van der Waals surface area contributed by atoms with Gasteiger partial charge in [0.2, 0.25) is 5.91 Å². The predicted octanol–water partition coefficient (Wildman–Crippen LogP) is 3.39. The summed E-state index contributed by atoms with van der Waals surface area (Å²) in [4.78, 5) is 11.7. The number of aryl methyl sites for hydroxylation is 1. The Morgan fingerprint density at radius 3 is 2.78 bits per heavy atom. The van der Waals surface area contributed by atoms with Crippen molar-refractivity contribution in [1.29, 1.82) is 0 Å². The number of amides is 1. The third-order valence-electron chi connectivity index (χ3n) is 4.17. The van der Waals surface area contributed by atoms with E-state index in [9.17, 15) is 9.18 Å². The van der Waals surface area contributed by atoms with Gasteiger partial charge in [0.05, 0.1) is 6.20 Å². The highest BCUT2D eigenvalue weighted by Gasteiger charge is 2.20. The Hall–Kier alpha value is -2.17. The smallest absolute Gasteiger partial charge is 0.220 e. The summed E-state index contributed by atoms with van der Waals surface area (Å²) in [6.07, 6.45) is 8.75. The molecule has 1 saturated carbocycles.